The first-order chi connectivity index (χ1) is 11.8. The van der Waals surface area contributed by atoms with E-state index in [-0.39, 0.29) is 5.25 Å². The molecule has 2 aromatic heterocycles. The molecule has 0 aliphatic heterocycles. The van der Waals surface area contributed by atoms with E-state index in [1.165, 1.54) is 37.0 Å². The van der Waals surface area contributed by atoms with E-state index in [0.29, 0.717) is 11.8 Å². The highest BCUT2D eigenvalue weighted by molar-refractivity contribution is 8.00. The second-order valence-corrected chi connectivity index (χ2v) is 8.98. The number of hydrogen-bond acceptors (Lipinski definition) is 5. The van der Waals surface area contributed by atoms with Gasteiger partial charge in [-0.15, -0.1) is 21.5 Å². The van der Waals surface area contributed by atoms with Crippen LogP contribution in [0.25, 0.3) is 0 Å². The lowest BCUT2D eigenvalue weighted by Gasteiger charge is -2.26. The van der Waals surface area contributed by atoms with E-state index < -0.39 is 0 Å². The van der Waals surface area contributed by atoms with Crippen LogP contribution in [0.1, 0.15) is 68.1 Å². The Hall–Kier alpha value is -1.14. The van der Waals surface area contributed by atoms with Crippen molar-refractivity contribution in [3.05, 3.63) is 28.2 Å². The van der Waals surface area contributed by atoms with Crippen molar-refractivity contribution in [3.63, 3.8) is 0 Å². The maximum atomic E-state index is 12.1. The topological polar surface area (TPSA) is 47.8 Å². The van der Waals surface area contributed by atoms with Gasteiger partial charge in [0.1, 0.15) is 11.6 Å². The SMILES string of the molecule is O=C1CCC[C@H]1Sc1nnc(Cc2cccs2)n1C1CCCCC1. The molecule has 0 aromatic carbocycles. The van der Waals surface area contributed by atoms with E-state index in [0.717, 1.165) is 36.7 Å². The summed E-state index contributed by atoms with van der Waals surface area (Å²) in [5.74, 6) is 1.45. The summed E-state index contributed by atoms with van der Waals surface area (Å²) in [6.07, 6.45) is 9.92. The van der Waals surface area contributed by atoms with Gasteiger partial charge in [0.15, 0.2) is 5.16 Å². The number of Topliss-reactive ketones (excluding diaryl/α,β-unsaturated/α-hetero) is 1. The number of aromatic nitrogens is 3. The third-order valence-electron chi connectivity index (χ3n) is 5.08. The number of rotatable bonds is 5. The molecule has 2 heterocycles. The molecule has 0 unspecified atom stereocenters. The van der Waals surface area contributed by atoms with Crippen molar-refractivity contribution in [1.82, 2.24) is 14.8 Å². The van der Waals surface area contributed by atoms with Crippen LogP contribution in [0, 0.1) is 0 Å². The highest BCUT2D eigenvalue weighted by Gasteiger charge is 2.30. The quantitative estimate of drug-likeness (QED) is 0.778. The van der Waals surface area contributed by atoms with Gasteiger partial charge in [0.05, 0.1) is 5.25 Å². The highest BCUT2D eigenvalue weighted by Crippen LogP contribution is 2.37. The zero-order valence-corrected chi connectivity index (χ0v) is 15.5. The summed E-state index contributed by atoms with van der Waals surface area (Å²) >= 11 is 3.43. The van der Waals surface area contributed by atoms with Crippen LogP contribution in [-0.2, 0) is 11.2 Å². The van der Waals surface area contributed by atoms with Gasteiger partial charge in [0.2, 0.25) is 0 Å². The molecule has 2 saturated carbocycles. The monoisotopic (exact) mass is 361 g/mol. The van der Waals surface area contributed by atoms with Gasteiger partial charge in [0, 0.05) is 23.8 Å². The standard InChI is InChI=1S/C18H23N3OS2/c22-15-9-4-10-16(15)24-18-20-19-17(12-14-8-5-11-23-14)21(18)13-6-2-1-3-7-13/h5,8,11,13,16H,1-4,6-7,9-10,12H2/t16-/m1/s1. The molecule has 0 amide bonds. The molecule has 2 aliphatic rings. The molecule has 2 aromatic rings. The molecule has 0 N–H and O–H groups in total. The summed E-state index contributed by atoms with van der Waals surface area (Å²) in [7, 11) is 0. The third-order valence-corrected chi connectivity index (χ3v) is 7.23. The zero-order valence-electron chi connectivity index (χ0n) is 13.8. The minimum atomic E-state index is 0.0890. The van der Waals surface area contributed by atoms with Crippen molar-refractivity contribution in [1.29, 1.82) is 0 Å². The van der Waals surface area contributed by atoms with Crippen molar-refractivity contribution in [2.45, 2.75) is 74.2 Å². The van der Waals surface area contributed by atoms with Crippen LogP contribution in [-0.4, -0.2) is 25.8 Å². The predicted molar refractivity (Wildman–Crippen MR) is 97.8 cm³/mol. The Kier molecular flexibility index (Phi) is 5.03. The van der Waals surface area contributed by atoms with E-state index in [1.807, 2.05) is 0 Å². The molecule has 0 saturated heterocycles. The Morgan fingerprint density at radius 1 is 1.17 bits per heavy atom. The number of thioether (sulfide) groups is 1. The van der Waals surface area contributed by atoms with E-state index in [1.54, 1.807) is 23.1 Å². The molecule has 0 radical (unpaired) electrons. The Balaban J connectivity index is 1.62. The smallest absolute Gasteiger partial charge is 0.192 e. The number of carbonyl (C=O) groups is 1. The number of carbonyl (C=O) groups excluding carboxylic acids is 1. The first-order valence-electron chi connectivity index (χ1n) is 8.97. The molecule has 0 spiro atoms. The van der Waals surface area contributed by atoms with Crippen LogP contribution in [0.5, 0.6) is 0 Å². The Morgan fingerprint density at radius 3 is 2.75 bits per heavy atom. The van der Waals surface area contributed by atoms with Gasteiger partial charge in [-0.25, -0.2) is 0 Å². The van der Waals surface area contributed by atoms with Crippen molar-refractivity contribution in [2.75, 3.05) is 0 Å². The summed E-state index contributed by atoms with van der Waals surface area (Å²) in [5, 5.41) is 12.2. The lowest BCUT2D eigenvalue weighted by Crippen LogP contribution is -2.18. The minimum absolute atomic E-state index is 0.0890. The number of ketones is 1. The van der Waals surface area contributed by atoms with Gasteiger partial charge in [-0.2, -0.15) is 0 Å². The maximum absolute atomic E-state index is 12.1. The molecular weight excluding hydrogens is 338 g/mol. The average molecular weight is 362 g/mol. The molecule has 128 valence electrons. The highest BCUT2D eigenvalue weighted by atomic mass is 32.2. The second-order valence-electron chi connectivity index (χ2n) is 6.78. The molecule has 24 heavy (non-hydrogen) atoms. The van der Waals surface area contributed by atoms with Crippen LogP contribution in [0.4, 0.5) is 0 Å². The average Bonchev–Trinajstić information content (AvgIpc) is 3.33. The normalized spacial score (nSPS) is 22.3. The van der Waals surface area contributed by atoms with Gasteiger partial charge in [-0.3, -0.25) is 4.79 Å². The molecule has 4 rings (SSSR count). The summed E-state index contributed by atoms with van der Waals surface area (Å²) in [5.41, 5.74) is 0. The lowest BCUT2D eigenvalue weighted by atomic mass is 9.95. The maximum Gasteiger partial charge on any atom is 0.192 e. The van der Waals surface area contributed by atoms with Gasteiger partial charge >= 0.3 is 0 Å². The summed E-state index contributed by atoms with van der Waals surface area (Å²) in [4.78, 5) is 13.4. The number of nitrogens with zero attached hydrogens (tertiary/aromatic N) is 3. The summed E-state index contributed by atoms with van der Waals surface area (Å²) in [6, 6.07) is 4.76. The summed E-state index contributed by atoms with van der Waals surface area (Å²) in [6.45, 7) is 0. The fourth-order valence-corrected chi connectivity index (χ4v) is 5.76. The van der Waals surface area contributed by atoms with E-state index in [4.69, 9.17) is 0 Å². The zero-order chi connectivity index (χ0) is 16.4. The van der Waals surface area contributed by atoms with Crippen LogP contribution in [0.3, 0.4) is 0 Å². The Labute approximate surface area is 151 Å². The fourth-order valence-electron chi connectivity index (χ4n) is 3.82. The van der Waals surface area contributed by atoms with E-state index in [9.17, 15) is 4.79 Å². The fraction of sp³-hybridized carbons (Fsp3) is 0.611. The molecule has 0 bridgehead atoms. The van der Waals surface area contributed by atoms with Crippen LogP contribution in [0.15, 0.2) is 22.7 Å². The van der Waals surface area contributed by atoms with Crippen molar-refractivity contribution >= 4 is 28.9 Å². The van der Waals surface area contributed by atoms with Crippen molar-refractivity contribution < 1.29 is 4.79 Å². The van der Waals surface area contributed by atoms with Crippen molar-refractivity contribution in [2.24, 2.45) is 0 Å². The largest absolute Gasteiger partial charge is 0.303 e. The van der Waals surface area contributed by atoms with E-state index >= 15 is 0 Å². The second kappa shape index (κ2) is 7.40. The van der Waals surface area contributed by atoms with Gasteiger partial charge in [-0.05, 0) is 37.1 Å². The third kappa shape index (κ3) is 3.45. The Bertz CT molecular complexity index is 689. The van der Waals surface area contributed by atoms with Gasteiger partial charge in [-0.1, -0.05) is 37.1 Å². The van der Waals surface area contributed by atoms with Gasteiger partial charge in [0.25, 0.3) is 0 Å². The number of thiophene rings is 1. The van der Waals surface area contributed by atoms with E-state index in [2.05, 4.69) is 32.3 Å². The minimum Gasteiger partial charge on any atom is -0.303 e. The molecule has 6 heteroatoms. The molecule has 1 atom stereocenters. The predicted octanol–water partition coefficient (Wildman–Crippen LogP) is 4.65. The van der Waals surface area contributed by atoms with Crippen LogP contribution >= 0.6 is 23.1 Å². The molecule has 2 fully saturated rings. The molecular formula is C18H23N3OS2. The molecule has 4 nitrogen and oxygen atoms in total. The molecule has 2 aliphatic carbocycles. The number of hydrogen-bond donors (Lipinski definition) is 0. The van der Waals surface area contributed by atoms with Crippen molar-refractivity contribution in [3.8, 4) is 0 Å². The Morgan fingerprint density at radius 2 is 2.04 bits per heavy atom. The first-order valence-corrected chi connectivity index (χ1v) is 10.7. The van der Waals surface area contributed by atoms with Crippen LogP contribution in [0.2, 0.25) is 0 Å². The lowest BCUT2D eigenvalue weighted by molar-refractivity contribution is -0.116. The van der Waals surface area contributed by atoms with Gasteiger partial charge < -0.3 is 4.57 Å². The first kappa shape index (κ1) is 16.3. The van der Waals surface area contributed by atoms with Crippen LogP contribution < -0.4 is 0 Å². The summed E-state index contributed by atoms with van der Waals surface area (Å²) < 4.78 is 2.37.